The summed E-state index contributed by atoms with van der Waals surface area (Å²) in [6, 6.07) is 5.42. The van der Waals surface area contributed by atoms with Gasteiger partial charge >= 0.3 is 6.18 Å². The summed E-state index contributed by atoms with van der Waals surface area (Å²) < 4.78 is 44.0. The van der Waals surface area contributed by atoms with Crippen molar-refractivity contribution in [3.05, 3.63) is 40.4 Å². The molecule has 1 amide bonds. The van der Waals surface area contributed by atoms with Gasteiger partial charge in [-0.1, -0.05) is 18.5 Å². The van der Waals surface area contributed by atoms with Gasteiger partial charge in [-0.3, -0.25) is 14.3 Å². The van der Waals surface area contributed by atoms with Crippen molar-refractivity contribution in [2.45, 2.75) is 76.2 Å². The number of likely N-dealkylation sites (tertiary alicyclic amines) is 1. The minimum Gasteiger partial charge on any atom is -0.341 e. The van der Waals surface area contributed by atoms with E-state index in [0.29, 0.717) is 10.8 Å². The quantitative estimate of drug-likeness (QED) is 0.599. The Kier molecular flexibility index (Phi) is 4.29. The highest BCUT2D eigenvalue weighted by Crippen LogP contribution is 2.59. The molecule has 3 saturated carbocycles. The van der Waals surface area contributed by atoms with Crippen LogP contribution in [0.5, 0.6) is 0 Å². The molecule has 0 unspecified atom stereocenters. The minimum atomic E-state index is -4.30. The molecule has 0 radical (unpaired) electrons. The maximum Gasteiger partial charge on any atom is 0.406 e. The molecular formula is C25H27ClF3N5O. The molecule has 3 aliphatic carbocycles. The van der Waals surface area contributed by atoms with Crippen molar-refractivity contribution in [1.29, 1.82) is 0 Å². The normalized spacial score (nSPS) is 25.8. The molecule has 4 fully saturated rings. The van der Waals surface area contributed by atoms with E-state index in [1.165, 1.54) is 4.90 Å². The molecule has 186 valence electrons. The van der Waals surface area contributed by atoms with Gasteiger partial charge in [0.1, 0.15) is 11.4 Å². The molecule has 2 aromatic rings. The van der Waals surface area contributed by atoms with Crippen LogP contribution in [-0.2, 0) is 17.9 Å². The van der Waals surface area contributed by atoms with Gasteiger partial charge in [0.25, 0.3) is 0 Å². The monoisotopic (exact) mass is 505 g/mol. The summed E-state index contributed by atoms with van der Waals surface area (Å²) in [6.07, 6.45) is -0.274. The topological polar surface area (TPSA) is 54.3 Å². The zero-order chi connectivity index (χ0) is 24.4. The molecule has 6 nitrogen and oxygen atoms in total. The molecule has 7 rings (SSSR count). The second-order valence-corrected chi connectivity index (χ2v) is 12.2. The number of amides is 1. The fraction of sp³-hybridized carbons (Fsp3) is 0.640. The maximum atomic E-state index is 14.0. The predicted molar refractivity (Wildman–Crippen MR) is 122 cm³/mol. The molecule has 0 bridgehead atoms. The van der Waals surface area contributed by atoms with Gasteiger partial charge in [-0.05, 0) is 62.3 Å². The molecular weight excluding hydrogens is 479 g/mol. The second-order valence-electron chi connectivity index (χ2n) is 11.8. The van der Waals surface area contributed by atoms with Crippen LogP contribution in [0.3, 0.4) is 0 Å². The minimum absolute atomic E-state index is 0.0948. The summed E-state index contributed by atoms with van der Waals surface area (Å²) in [5.74, 6) is 1.82. The third-order valence-corrected chi connectivity index (χ3v) is 9.40. The highest BCUT2D eigenvalue weighted by molar-refractivity contribution is 6.30. The van der Waals surface area contributed by atoms with E-state index in [0.717, 1.165) is 55.8 Å². The third-order valence-electron chi connectivity index (χ3n) is 9.17. The molecule has 35 heavy (non-hydrogen) atoms. The number of alkyl halides is 3. The number of benzene rings is 1. The molecule has 5 aliphatic rings. The average Bonchev–Trinajstić information content (AvgIpc) is 3.64. The number of hydrogen-bond acceptors (Lipinski definition) is 4. The van der Waals surface area contributed by atoms with Crippen LogP contribution in [0.15, 0.2) is 18.2 Å². The van der Waals surface area contributed by atoms with E-state index in [2.05, 4.69) is 10.2 Å². The van der Waals surface area contributed by atoms with Gasteiger partial charge in [0.15, 0.2) is 5.82 Å². The van der Waals surface area contributed by atoms with Gasteiger partial charge in [0.05, 0.1) is 12.2 Å². The summed E-state index contributed by atoms with van der Waals surface area (Å²) in [5.41, 5.74) is -0.209. The fourth-order valence-corrected chi connectivity index (χ4v) is 6.80. The Morgan fingerprint density at radius 1 is 1.09 bits per heavy atom. The first kappa shape index (κ1) is 22.1. The van der Waals surface area contributed by atoms with E-state index in [1.54, 1.807) is 12.1 Å². The molecule has 0 atom stereocenters. The Morgan fingerprint density at radius 2 is 1.80 bits per heavy atom. The fourth-order valence-electron chi connectivity index (χ4n) is 6.61. The zero-order valence-corrected chi connectivity index (χ0v) is 20.3. The van der Waals surface area contributed by atoms with Gasteiger partial charge < -0.3 is 4.90 Å². The number of hydrogen-bond donors (Lipinski definition) is 0. The van der Waals surface area contributed by atoms with Crippen molar-refractivity contribution >= 4 is 17.5 Å². The van der Waals surface area contributed by atoms with Crippen LogP contribution in [0.2, 0.25) is 5.02 Å². The largest absolute Gasteiger partial charge is 0.406 e. The number of aromatic nitrogens is 3. The lowest BCUT2D eigenvalue weighted by Crippen LogP contribution is -2.64. The summed E-state index contributed by atoms with van der Waals surface area (Å²) in [4.78, 5) is 16.1. The number of nitrogens with zero attached hydrogens (tertiary/aromatic N) is 5. The average molecular weight is 506 g/mol. The van der Waals surface area contributed by atoms with Crippen molar-refractivity contribution in [2.24, 2.45) is 10.8 Å². The number of carbonyl (C=O) groups is 1. The maximum absolute atomic E-state index is 14.0. The first-order valence-corrected chi connectivity index (χ1v) is 12.7. The molecule has 1 aromatic carbocycles. The molecule has 2 aliphatic heterocycles. The molecule has 10 heteroatoms. The third kappa shape index (κ3) is 3.16. The van der Waals surface area contributed by atoms with Gasteiger partial charge in [-0.15, -0.1) is 10.2 Å². The van der Waals surface area contributed by atoms with Gasteiger partial charge in [0, 0.05) is 41.4 Å². The highest BCUT2D eigenvalue weighted by atomic mass is 35.5. The molecule has 1 saturated heterocycles. The number of rotatable bonds is 3. The lowest BCUT2D eigenvalue weighted by molar-refractivity contribution is -0.200. The SMILES string of the molecule is CC1(C(=O)N2CC3(CC(c4nnc5n4-c4ccc(Cl)cc4CN(C4(C(F)(F)F)CC4)C5)C3)C2)CC1. The predicted octanol–water partition coefficient (Wildman–Crippen LogP) is 4.84. The van der Waals surface area contributed by atoms with E-state index in [-0.39, 0.29) is 48.6 Å². The van der Waals surface area contributed by atoms with Crippen LogP contribution >= 0.6 is 11.6 Å². The van der Waals surface area contributed by atoms with Crippen LogP contribution < -0.4 is 0 Å². The van der Waals surface area contributed by atoms with Crippen LogP contribution in [0.1, 0.15) is 68.6 Å². The van der Waals surface area contributed by atoms with Crippen LogP contribution in [0, 0.1) is 10.8 Å². The first-order chi connectivity index (χ1) is 16.5. The first-order valence-electron chi connectivity index (χ1n) is 12.4. The van der Waals surface area contributed by atoms with Gasteiger partial charge in [-0.2, -0.15) is 13.2 Å². The second kappa shape index (κ2) is 6.79. The lowest BCUT2D eigenvalue weighted by atomic mass is 9.57. The number of carbonyl (C=O) groups excluding carboxylic acids is 1. The summed E-state index contributed by atoms with van der Waals surface area (Å²) in [5, 5.41) is 9.40. The molecule has 0 N–H and O–H groups in total. The van der Waals surface area contributed by atoms with Crippen LogP contribution in [0.4, 0.5) is 13.2 Å². The smallest absolute Gasteiger partial charge is 0.341 e. The summed E-state index contributed by atoms with van der Waals surface area (Å²) in [6.45, 7) is 3.91. The van der Waals surface area contributed by atoms with E-state index in [4.69, 9.17) is 11.6 Å². The standard InChI is InChI=1S/C25H27ClF3N5O/c1-22(4-5-22)21(35)32-13-23(14-32)9-16(10-23)20-31-30-19-12-33(24(6-7-24)25(27,28)29)11-15-8-17(26)2-3-18(15)34(19)20/h2-3,8,16H,4-7,9-14H2,1H3. The lowest BCUT2D eigenvalue weighted by Gasteiger charge is -2.59. The Hall–Kier alpha value is -2.13. The van der Waals surface area contributed by atoms with E-state index >= 15 is 0 Å². The van der Waals surface area contributed by atoms with Crippen molar-refractivity contribution < 1.29 is 18.0 Å². The van der Waals surface area contributed by atoms with Crippen molar-refractivity contribution in [3.63, 3.8) is 0 Å². The zero-order valence-electron chi connectivity index (χ0n) is 19.5. The highest BCUT2D eigenvalue weighted by Gasteiger charge is 2.67. The van der Waals surface area contributed by atoms with Gasteiger partial charge in [0.2, 0.25) is 5.91 Å². The Bertz CT molecular complexity index is 1230. The Labute approximate surface area is 206 Å². The number of halogens is 4. The molecule has 1 spiro atoms. The van der Waals surface area contributed by atoms with Crippen molar-refractivity contribution in [2.75, 3.05) is 13.1 Å². The molecule has 3 heterocycles. The van der Waals surface area contributed by atoms with Crippen LogP contribution in [-0.4, -0.2) is 55.3 Å². The van der Waals surface area contributed by atoms with E-state index in [9.17, 15) is 18.0 Å². The molecule has 1 aromatic heterocycles. The Balaban J connectivity index is 1.17. The number of fused-ring (bicyclic) bond motifs is 3. The van der Waals surface area contributed by atoms with Crippen LogP contribution in [0.25, 0.3) is 5.69 Å². The van der Waals surface area contributed by atoms with Crippen molar-refractivity contribution in [1.82, 2.24) is 24.6 Å². The Morgan fingerprint density at radius 3 is 2.43 bits per heavy atom. The van der Waals surface area contributed by atoms with Crippen molar-refractivity contribution in [3.8, 4) is 5.69 Å². The van der Waals surface area contributed by atoms with Gasteiger partial charge in [-0.25, -0.2) is 0 Å². The van der Waals surface area contributed by atoms with E-state index in [1.807, 2.05) is 22.5 Å². The van der Waals surface area contributed by atoms with E-state index < -0.39 is 11.7 Å². The summed E-state index contributed by atoms with van der Waals surface area (Å²) in [7, 11) is 0. The summed E-state index contributed by atoms with van der Waals surface area (Å²) >= 11 is 6.27.